The van der Waals surface area contributed by atoms with Crippen molar-refractivity contribution in [1.29, 1.82) is 0 Å². The first kappa shape index (κ1) is 8.97. The molecule has 1 aliphatic heterocycles. The second-order valence-corrected chi connectivity index (χ2v) is 3.51. The third kappa shape index (κ3) is 2.15. The van der Waals surface area contributed by atoms with E-state index < -0.39 is 0 Å². The van der Waals surface area contributed by atoms with Gasteiger partial charge in [-0.05, 0) is 26.7 Å². The first-order valence-corrected chi connectivity index (χ1v) is 4.30. The van der Waals surface area contributed by atoms with Crippen molar-refractivity contribution in [3.63, 3.8) is 0 Å². The summed E-state index contributed by atoms with van der Waals surface area (Å²) in [6.45, 7) is 5.04. The molecular weight excluding hydrogens is 140 g/mol. The van der Waals surface area contributed by atoms with Gasteiger partial charge in [-0.1, -0.05) is 0 Å². The monoisotopic (exact) mass is 158 g/mol. The third-order valence-electron chi connectivity index (χ3n) is 2.42. The highest BCUT2D eigenvalue weighted by Gasteiger charge is 2.25. The third-order valence-corrected chi connectivity index (χ3v) is 2.42. The molecule has 1 heterocycles. The van der Waals surface area contributed by atoms with E-state index in [1.165, 1.54) is 0 Å². The van der Waals surface area contributed by atoms with Gasteiger partial charge in [0.15, 0.2) is 0 Å². The lowest BCUT2D eigenvalue weighted by atomic mass is 10.0. The highest BCUT2D eigenvalue weighted by molar-refractivity contribution is 4.79. The molecule has 3 unspecified atom stereocenters. The van der Waals surface area contributed by atoms with E-state index in [-0.39, 0.29) is 12.3 Å². The van der Waals surface area contributed by atoms with Crippen molar-refractivity contribution in [2.24, 2.45) is 5.73 Å². The van der Waals surface area contributed by atoms with Crippen LogP contribution in [-0.2, 0) is 0 Å². The summed E-state index contributed by atoms with van der Waals surface area (Å²) in [5.41, 5.74) is 5.75. The minimum Gasteiger partial charge on any atom is -0.393 e. The SMILES string of the molecule is CC(N)N1CCC(O)CC1C. The average Bonchev–Trinajstić information content (AvgIpc) is 1.85. The molecule has 0 aromatic carbocycles. The standard InChI is InChI=1S/C8H18N2O/c1-6-5-8(11)3-4-10(6)7(2)9/h6-8,11H,3-5,9H2,1-2H3. The van der Waals surface area contributed by atoms with Gasteiger partial charge in [0.25, 0.3) is 0 Å². The van der Waals surface area contributed by atoms with Crippen LogP contribution < -0.4 is 5.73 Å². The fourth-order valence-corrected chi connectivity index (χ4v) is 1.77. The number of hydrogen-bond donors (Lipinski definition) is 2. The number of rotatable bonds is 1. The zero-order valence-corrected chi connectivity index (χ0v) is 7.33. The molecule has 3 heteroatoms. The van der Waals surface area contributed by atoms with Crippen LogP contribution in [0.3, 0.4) is 0 Å². The van der Waals surface area contributed by atoms with Crippen LogP contribution in [0.2, 0.25) is 0 Å². The summed E-state index contributed by atoms with van der Waals surface area (Å²) in [5.74, 6) is 0. The molecule has 0 spiro atoms. The summed E-state index contributed by atoms with van der Waals surface area (Å²) in [4.78, 5) is 2.23. The van der Waals surface area contributed by atoms with Crippen LogP contribution in [0.25, 0.3) is 0 Å². The van der Waals surface area contributed by atoms with E-state index in [0.29, 0.717) is 6.04 Å². The van der Waals surface area contributed by atoms with Gasteiger partial charge in [-0.25, -0.2) is 0 Å². The lowest BCUT2D eigenvalue weighted by Gasteiger charge is -2.38. The highest BCUT2D eigenvalue weighted by atomic mass is 16.3. The zero-order chi connectivity index (χ0) is 8.43. The molecule has 0 saturated carbocycles. The zero-order valence-electron chi connectivity index (χ0n) is 7.33. The summed E-state index contributed by atoms with van der Waals surface area (Å²) < 4.78 is 0. The Hall–Kier alpha value is -0.120. The van der Waals surface area contributed by atoms with E-state index in [0.717, 1.165) is 19.4 Å². The fraction of sp³-hybridized carbons (Fsp3) is 1.00. The van der Waals surface area contributed by atoms with Gasteiger partial charge in [0.05, 0.1) is 12.3 Å². The van der Waals surface area contributed by atoms with Crippen molar-refractivity contribution in [1.82, 2.24) is 4.90 Å². The Balaban J connectivity index is 2.44. The van der Waals surface area contributed by atoms with E-state index in [2.05, 4.69) is 11.8 Å². The van der Waals surface area contributed by atoms with Crippen molar-refractivity contribution in [2.75, 3.05) is 6.54 Å². The Morgan fingerprint density at radius 1 is 1.64 bits per heavy atom. The molecule has 3 N–H and O–H groups in total. The summed E-state index contributed by atoms with van der Waals surface area (Å²) in [6.07, 6.45) is 1.74. The van der Waals surface area contributed by atoms with E-state index >= 15 is 0 Å². The molecule has 1 rings (SSSR count). The lowest BCUT2D eigenvalue weighted by Crippen LogP contribution is -2.50. The highest BCUT2D eigenvalue weighted by Crippen LogP contribution is 2.17. The van der Waals surface area contributed by atoms with Crippen LogP contribution in [0.15, 0.2) is 0 Å². The minimum absolute atomic E-state index is 0.111. The first-order chi connectivity index (χ1) is 5.11. The number of nitrogens with two attached hydrogens (primary N) is 1. The van der Waals surface area contributed by atoms with Crippen LogP contribution in [0.4, 0.5) is 0 Å². The second kappa shape index (κ2) is 3.52. The molecule has 1 fully saturated rings. The summed E-state index contributed by atoms with van der Waals surface area (Å²) in [6, 6.07) is 0.429. The van der Waals surface area contributed by atoms with Gasteiger partial charge in [0.1, 0.15) is 0 Å². The average molecular weight is 158 g/mol. The smallest absolute Gasteiger partial charge is 0.0567 e. The van der Waals surface area contributed by atoms with Gasteiger partial charge in [-0.2, -0.15) is 0 Å². The molecule has 0 amide bonds. The number of nitrogens with zero attached hydrogens (tertiary/aromatic N) is 1. The summed E-state index contributed by atoms with van der Waals surface area (Å²) in [5, 5.41) is 9.31. The summed E-state index contributed by atoms with van der Waals surface area (Å²) in [7, 11) is 0. The molecule has 3 atom stereocenters. The van der Waals surface area contributed by atoms with Crippen LogP contribution in [0.1, 0.15) is 26.7 Å². The Morgan fingerprint density at radius 3 is 2.73 bits per heavy atom. The maximum Gasteiger partial charge on any atom is 0.0567 e. The van der Waals surface area contributed by atoms with Crippen molar-refractivity contribution in [3.8, 4) is 0 Å². The molecule has 0 aromatic heterocycles. The maximum atomic E-state index is 9.31. The van der Waals surface area contributed by atoms with E-state index in [1.807, 2.05) is 6.92 Å². The van der Waals surface area contributed by atoms with Crippen molar-refractivity contribution < 1.29 is 5.11 Å². The van der Waals surface area contributed by atoms with Gasteiger partial charge >= 0.3 is 0 Å². The minimum atomic E-state index is -0.111. The van der Waals surface area contributed by atoms with Crippen LogP contribution >= 0.6 is 0 Å². The van der Waals surface area contributed by atoms with Crippen LogP contribution in [0, 0.1) is 0 Å². The van der Waals surface area contributed by atoms with Crippen molar-refractivity contribution in [3.05, 3.63) is 0 Å². The molecule has 66 valence electrons. The number of likely N-dealkylation sites (tertiary alicyclic amines) is 1. The Labute approximate surface area is 68.2 Å². The van der Waals surface area contributed by atoms with Crippen LogP contribution in [-0.4, -0.2) is 34.9 Å². The fourth-order valence-electron chi connectivity index (χ4n) is 1.77. The molecule has 1 saturated heterocycles. The molecule has 0 bridgehead atoms. The Bertz CT molecular complexity index is 127. The normalized spacial score (nSPS) is 37.1. The summed E-state index contributed by atoms with van der Waals surface area (Å²) >= 11 is 0. The molecule has 1 aliphatic rings. The number of hydrogen-bond acceptors (Lipinski definition) is 3. The predicted molar refractivity (Wildman–Crippen MR) is 45.1 cm³/mol. The largest absolute Gasteiger partial charge is 0.393 e. The Morgan fingerprint density at radius 2 is 2.27 bits per heavy atom. The predicted octanol–water partition coefficient (Wildman–Crippen LogP) is 0.136. The van der Waals surface area contributed by atoms with Gasteiger partial charge in [0.2, 0.25) is 0 Å². The second-order valence-electron chi connectivity index (χ2n) is 3.51. The van der Waals surface area contributed by atoms with Crippen molar-refractivity contribution in [2.45, 2.75) is 45.0 Å². The van der Waals surface area contributed by atoms with Crippen molar-refractivity contribution >= 4 is 0 Å². The first-order valence-electron chi connectivity index (χ1n) is 4.30. The molecule has 0 aromatic rings. The topological polar surface area (TPSA) is 49.5 Å². The maximum absolute atomic E-state index is 9.31. The molecule has 0 radical (unpaired) electrons. The molecule has 11 heavy (non-hydrogen) atoms. The quantitative estimate of drug-likeness (QED) is 0.570. The number of aliphatic hydroxyl groups excluding tert-OH is 1. The Kier molecular flexibility index (Phi) is 2.87. The number of aliphatic hydroxyl groups is 1. The van der Waals surface area contributed by atoms with E-state index in [4.69, 9.17) is 5.73 Å². The molecule has 3 nitrogen and oxygen atoms in total. The van der Waals surface area contributed by atoms with Gasteiger partial charge < -0.3 is 10.8 Å². The molecular formula is C8H18N2O. The van der Waals surface area contributed by atoms with Gasteiger partial charge in [-0.15, -0.1) is 0 Å². The lowest BCUT2D eigenvalue weighted by molar-refractivity contribution is 0.0296. The van der Waals surface area contributed by atoms with Gasteiger partial charge in [-0.3, -0.25) is 4.90 Å². The van der Waals surface area contributed by atoms with Gasteiger partial charge in [0, 0.05) is 12.6 Å². The van der Waals surface area contributed by atoms with Crippen LogP contribution in [0.5, 0.6) is 0 Å². The number of piperidine rings is 1. The van der Waals surface area contributed by atoms with E-state index in [1.54, 1.807) is 0 Å². The molecule has 0 aliphatic carbocycles. The van der Waals surface area contributed by atoms with E-state index in [9.17, 15) is 5.11 Å².